The van der Waals surface area contributed by atoms with E-state index in [1.54, 1.807) is 24.3 Å². The van der Waals surface area contributed by atoms with E-state index in [1.807, 2.05) is 6.07 Å². The zero-order valence-corrected chi connectivity index (χ0v) is 10.0. The van der Waals surface area contributed by atoms with E-state index >= 15 is 0 Å². The molecule has 0 saturated heterocycles. The Morgan fingerprint density at radius 2 is 2.29 bits per heavy atom. The van der Waals surface area contributed by atoms with Crippen LogP contribution in [0.25, 0.3) is 5.69 Å². The Morgan fingerprint density at radius 1 is 1.53 bits per heavy atom. The molecule has 0 bridgehead atoms. The highest BCUT2D eigenvalue weighted by Gasteiger charge is 2.15. The van der Waals surface area contributed by atoms with Gasteiger partial charge >= 0.3 is 5.97 Å². The molecular weight excluding hydrogens is 286 g/mol. The van der Waals surface area contributed by atoms with Crippen LogP contribution in [0.2, 0.25) is 0 Å². The van der Waals surface area contributed by atoms with E-state index in [0.717, 1.165) is 0 Å². The second kappa shape index (κ2) is 4.39. The summed E-state index contributed by atoms with van der Waals surface area (Å²) >= 11 is 3.17. The van der Waals surface area contributed by atoms with Gasteiger partial charge in [0.05, 0.1) is 23.5 Å². The van der Waals surface area contributed by atoms with E-state index < -0.39 is 5.97 Å². The molecule has 0 radical (unpaired) electrons. The van der Waals surface area contributed by atoms with Crippen molar-refractivity contribution in [3.63, 3.8) is 0 Å². The number of aromatic nitrogens is 2. The molecule has 1 N–H and O–H groups in total. The van der Waals surface area contributed by atoms with Crippen LogP contribution in [-0.2, 0) is 0 Å². The first kappa shape index (κ1) is 11.4. The molecule has 0 aliphatic heterocycles. The van der Waals surface area contributed by atoms with Crippen LogP contribution in [0.5, 0.6) is 0 Å². The summed E-state index contributed by atoms with van der Waals surface area (Å²) in [5.41, 5.74) is 1.19. The van der Waals surface area contributed by atoms with Crippen molar-refractivity contribution < 1.29 is 9.90 Å². The Kier molecular flexibility index (Phi) is 2.93. The van der Waals surface area contributed by atoms with Gasteiger partial charge in [-0.3, -0.25) is 0 Å². The van der Waals surface area contributed by atoms with Crippen LogP contribution in [0, 0.1) is 11.3 Å². The standard InChI is InChI=1S/C11H6BrN3O2/c12-10-9(11(16)17)6-14-15(10)8-3-1-2-7(4-8)5-13/h1-4,6H,(H,16,17). The molecule has 0 spiro atoms. The summed E-state index contributed by atoms with van der Waals surface area (Å²) < 4.78 is 1.77. The van der Waals surface area contributed by atoms with Crippen molar-refractivity contribution in [1.29, 1.82) is 5.26 Å². The molecule has 0 amide bonds. The van der Waals surface area contributed by atoms with Crippen molar-refractivity contribution in [2.24, 2.45) is 0 Å². The van der Waals surface area contributed by atoms with Crippen molar-refractivity contribution in [1.82, 2.24) is 9.78 Å². The van der Waals surface area contributed by atoms with Gasteiger partial charge in [0, 0.05) is 0 Å². The zero-order valence-electron chi connectivity index (χ0n) is 8.46. The first-order valence-corrected chi connectivity index (χ1v) is 5.40. The lowest BCUT2D eigenvalue weighted by Crippen LogP contribution is -1.99. The summed E-state index contributed by atoms with van der Waals surface area (Å²) in [5.74, 6) is -1.06. The maximum atomic E-state index is 10.9. The van der Waals surface area contributed by atoms with Crippen molar-refractivity contribution >= 4 is 21.9 Å². The molecule has 1 aromatic carbocycles. The second-order valence-electron chi connectivity index (χ2n) is 3.23. The first-order chi connectivity index (χ1) is 8.13. The fourth-order valence-corrected chi connectivity index (χ4v) is 1.93. The minimum atomic E-state index is -1.06. The monoisotopic (exact) mass is 291 g/mol. The average Bonchev–Trinajstić information content (AvgIpc) is 2.71. The number of nitrogens with zero attached hydrogens (tertiary/aromatic N) is 3. The molecule has 0 aliphatic carbocycles. The van der Waals surface area contributed by atoms with Crippen molar-refractivity contribution in [2.75, 3.05) is 0 Å². The molecule has 6 heteroatoms. The molecule has 2 rings (SSSR count). The van der Waals surface area contributed by atoms with Gasteiger partial charge in [-0.2, -0.15) is 10.4 Å². The lowest BCUT2D eigenvalue weighted by atomic mass is 10.2. The Labute approximate surface area is 105 Å². The number of hydrogen-bond donors (Lipinski definition) is 1. The molecule has 1 heterocycles. The van der Waals surface area contributed by atoms with E-state index in [2.05, 4.69) is 21.0 Å². The molecule has 0 saturated carbocycles. The second-order valence-corrected chi connectivity index (χ2v) is 3.98. The van der Waals surface area contributed by atoms with E-state index in [9.17, 15) is 4.79 Å². The molecular formula is C11H6BrN3O2. The number of rotatable bonds is 2. The van der Waals surface area contributed by atoms with Gasteiger partial charge in [0.15, 0.2) is 0 Å². The maximum Gasteiger partial charge on any atom is 0.340 e. The highest BCUT2D eigenvalue weighted by molar-refractivity contribution is 9.10. The van der Waals surface area contributed by atoms with Crippen molar-refractivity contribution in [3.8, 4) is 11.8 Å². The van der Waals surface area contributed by atoms with E-state index in [-0.39, 0.29) is 5.56 Å². The largest absolute Gasteiger partial charge is 0.478 e. The molecule has 0 atom stereocenters. The average molecular weight is 292 g/mol. The topological polar surface area (TPSA) is 78.9 Å². The van der Waals surface area contributed by atoms with Gasteiger partial charge in [0.25, 0.3) is 0 Å². The third kappa shape index (κ3) is 2.05. The molecule has 1 aromatic heterocycles. The number of aromatic carboxylic acids is 1. The number of carbonyl (C=O) groups is 1. The van der Waals surface area contributed by atoms with Gasteiger partial charge in [-0.25, -0.2) is 9.48 Å². The van der Waals surface area contributed by atoms with Crippen LogP contribution in [-0.4, -0.2) is 20.9 Å². The van der Waals surface area contributed by atoms with Gasteiger partial charge in [-0.1, -0.05) is 6.07 Å². The van der Waals surface area contributed by atoms with E-state index in [0.29, 0.717) is 15.9 Å². The van der Waals surface area contributed by atoms with Gasteiger partial charge in [-0.05, 0) is 34.1 Å². The first-order valence-electron chi connectivity index (χ1n) is 4.61. The molecule has 5 nitrogen and oxygen atoms in total. The third-order valence-corrected chi connectivity index (χ3v) is 2.92. The Bertz CT molecular complexity index is 628. The summed E-state index contributed by atoms with van der Waals surface area (Å²) in [5, 5.41) is 21.6. The van der Waals surface area contributed by atoms with Crippen LogP contribution in [0.1, 0.15) is 15.9 Å². The van der Waals surface area contributed by atoms with Crippen LogP contribution in [0.3, 0.4) is 0 Å². The van der Waals surface area contributed by atoms with Gasteiger partial charge in [-0.15, -0.1) is 0 Å². The number of carboxylic acids is 1. The van der Waals surface area contributed by atoms with E-state index in [4.69, 9.17) is 10.4 Å². The van der Waals surface area contributed by atoms with Crippen molar-refractivity contribution in [2.45, 2.75) is 0 Å². The molecule has 84 valence electrons. The van der Waals surface area contributed by atoms with E-state index in [1.165, 1.54) is 10.9 Å². The number of nitriles is 1. The Morgan fingerprint density at radius 3 is 2.88 bits per heavy atom. The highest BCUT2D eigenvalue weighted by Crippen LogP contribution is 2.21. The Hall–Kier alpha value is -2.13. The van der Waals surface area contributed by atoms with Gasteiger partial charge in [0.2, 0.25) is 0 Å². The minimum absolute atomic E-state index is 0.0763. The third-order valence-electron chi connectivity index (χ3n) is 2.16. The molecule has 0 aliphatic rings. The number of carboxylic acid groups (broad SMARTS) is 1. The summed E-state index contributed by atoms with van der Waals surface area (Å²) in [6, 6.07) is 8.76. The van der Waals surface area contributed by atoms with Crippen molar-refractivity contribution in [3.05, 3.63) is 46.2 Å². The van der Waals surface area contributed by atoms with Crippen LogP contribution in [0.4, 0.5) is 0 Å². The Balaban J connectivity index is 2.54. The maximum absolute atomic E-state index is 10.9. The lowest BCUT2D eigenvalue weighted by molar-refractivity contribution is 0.0696. The zero-order chi connectivity index (χ0) is 12.4. The van der Waals surface area contributed by atoms with Crippen LogP contribution in [0.15, 0.2) is 35.1 Å². The molecule has 2 aromatic rings. The normalized spacial score (nSPS) is 9.88. The number of halogens is 1. The smallest absolute Gasteiger partial charge is 0.340 e. The molecule has 17 heavy (non-hydrogen) atoms. The summed E-state index contributed by atoms with van der Waals surface area (Å²) in [6.45, 7) is 0. The minimum Gasteiger partial charge on any atom is -0.478 e. The SMILES string of the molecule is N#Cc1cccc(-n2ncc(C(=O)O)c2Br)c1. The molecule has 0 unspecified atom stereocenters. The summed E-state index contributed by atoms with van der Waals surface area (Å²) in [4.78, 5) is 10.9. The quantitative estimate of drug-likeness (QED) is 0.920. The highest BCUT2D eigenvalue weighted by atomic mass is 79.9. The fourth-order valence-electron chi connectivity index (χ4n) is 1.36. The summed E-state index contributed by atoms with van der Waals surface area (Å²) in [7, 11) is 0. The van der Waals surface area contributed by atoms with Gasteiger partial charge < -0.3 is 5.11 Å². The van der Waals surface area contributed by atoms with Crippen LogP contribution < -0.4 is 0 Å². The number of benzene rings is 1. The van der Waals surface area contributed by atoms with Gasteiger partial charge in [0.1, 0.15) is 10.2 Å². The fraction of sp³-hybridized carbons (Fsp3) is 0. The summed E-state index contributed by atoms with van der Waals surface area (Å²) in [6.07, 6.45) is 1.26. The predicted octanol–water partition coefficient (Wildman–Crippen LogP) is 2.20. The molecule has 0 fully saturated rings. The van der Waals surface area contributed by atoms with Crippen LogP contribution >= 0.6 is 15.9 Å². The predicted molar refractivity (Wildman–Crippen MR) is 62.9 cm³/mol. The lowest BCUT2D eigenvalue weighted by Gasteiger charge is -2.03. The number of hydrogen-bond acceptors (Lipinski definition) is 3.